The van der Waals surface area contributed by atoms with Gasteiger partial charge in [0.05, 0.1) is 12.5 Å². The summed E-state index contributed by atoms with van der Waals surface area (Å²) in [6, 6.07) is -0.272. The fraction of sp³-hybridized carbons (Fsp3) is 0.444. The van der Waals surface area contributed by atoms with Crippen LogP contribution in [0.4, 0.5) is 0 Å². The number of piperidine rings is 1. The van der Waals surface area contributed by atoms with Crippen molar-refractivity contribution in [3.63, 3.8) is 0 Å². The molecule has 1 amide bonds. The van der Waals surface area contributed by atoms with Crippen LogP contribution in [0, 0.1) is 0 Å². The minimum absolute atomic E-state index is 0.0302. The summed E-state index contributed by atoms with van der Waals surface area (Å²) in [5, 5.41) is 2.77. The molecule has 0 bridgehead atoms. The maximum atomic E-state index is 11.5. The van der Waals surface area contributed by atoms with Gasteiger partial charge in [0.15, 0.2) is 6.29 Å². The highest BCUT2D eigenvalue weighted by Gasteiger charge is 2.24. The maximum Gasteiger partial charge on any atom is 0.243 e. The van der Waals surface area contributed by atoms with Crippen LogP contribution in [0.2, 0.25) is 0 Å². The number of amides is 1. The number of nitrogens with one attached hydrogen (secondary N) is 1. The van der Waals surface area contributed by atoms with Gasteiger partial charge in [0.1, 0.15) is 11.7 Å². The molecule has 1 fully saturated rings. The van der Waals surface area contributed by atoms with Gasteiger partial charge in [-0.3, -0.25) is 9.59 Å². The van der Waals surface area contributed by atoms with Crippen LogP contribution in [0.1, 0.15) is 29.4 Å². The molecule has 1 aromatic heterocycles. The minimum atomic E-state index is -0.272. The first-order valence-corrected chi connectivity index (χ1v) is 4.57. The molecule has 0 radical (unpaired) electrons. The van der Waals surface area contributed by atoms with Crippen molar-refractivity contribution in [3.05, 3.63) is 18.2 Å². The predicted molar refractivity (Wildman–Crippen MR) is 48.9 cm³/mol. The average molecular weight is 193 g/mol. The van der Waals surface area contributed by atoms with Crippen molar-refractivity contribution in [1.29, 1.82) is 0 Å². The Labute approximate surface area is 81.1 Å². The summed E-state index contributed by atoms with van der Waals surface area (Å²) >= 11 is 0. The second-order valence-electron chi connectivity index (χ2n) is 3.29. The first-order chi connectivity index (χ1) is 6.83. The van der Waals surface area contributed by atoms with Gasteiger partial charge < -0.3 is 9.88 Å². The Hall–Kier alpha value is -1.65. The Morgan fingerprint density at radius 2 is 2.50 bits per heavy atom. The molecule has 1 atom stereocenters. The Morgan fingerprint density at radius 1 is 1.64 bits per heavy atom. The summed E-state index contributed by atoms with van der Waals surface area (Å²) in [7, 11) is 0. The lowest BCUT2D eigenvalue weighted by molar-refractivity contribution is -0.125. The third-order valence-corrected chi connectivity index (χ3v) is 2.41. The van der Waals surface area contributed by atoms with Crippen LogP contribution < -0.4 is 5.32 Å². The number of aromatic nitrogens is 2. The van der Waals surface area contributed by atoms with E-state index in [1.807, 2.05) is 0 Å². The molecule has 2 heterocycles. The van der Waals surface area contributed by atoms with E-state index in [0.29, 0.717) is 5.69 Å². The zero-order valence-electron chi connectivity index (χ0n) is 7.64. The molecular formula is C9H11N3O2. The Kier molecular flexibility index (Phi) is 2.30. The average Bonchev–Trinajstić information content (AvgIpc) is 2.66. The molecule has 1 N–H and O–H groups in total. The van der Waals surface area contributed by atoms with E-state index in [1.165, 1.54) is 12.5 Å². The SMILES string of the molecule is O=Cc1cncn1C1CCCNC1=O. The maximum absolute atomic E-state index is 11.5. The molecule has 1 aliphatic rings. The predicted octanol–water partition coefficient (Wildman–Crippen LogP) is 0.147. The zero-order valence-corrected chi connectivity index (χ0v) is 7.64. The van der Waals surface area contributed by atoms with Gasteiger partial charge in [0, 0.05) is 6.54 Å². The van der Waals surface area contributed by atoms with E-state index in [9.17, 15) is 9.59 Å². The van der Waals surface area contributed by atoms with E-state index in [4.69, 9.17) is 0 Å². The Bertz CT molecular complexity index is 359. The van der Waals surface area contributed by atoms with Crippen LogP contribution >= 0.6 is 0 Å². The molecule has 5 heteroatoms. The van der Waals surface area contributed by atoms with Gasteiger partial charge >= 0.3 is 0 Å². The standard InChI is InChI=1S/C9H11N3O2/c13-5-7-4-10-6-12(7)8-2-1-3-11-9(8)14/h4-6,8H,1-3H2,(H,11,14). The van der Waals surface area contributed by atoms with E-state index in [2.05, 4.69) is 10.3 Å². The lowest BCUT2D eigenvalue weighted by Crippen LogP contribution is -2.38. The van der Waals surface area contributed by atoms with Crippen LogP contribution in [0.5, 0.6) is 0 Å². The van der Waals surface area contributed by atoms with Gasteiger partial charge in [-0.25, -0.2) is 4.98 Å². The number of hydrogen-bond donors (Lipinski definition) is 1. The van der Waals surface area contributed by atoms with Crippen molar-refractivity contribution in [2.75, 3.05) is 6.54 Å². The van der Waals surface area contributed by atoms with E-state index < -0.39 is 0 Å². The summed E-state index contributed by atoms with van der Waals surface area (Å²) in [6.45, 7) is 0.723. The van der Waals surface area contributed by atoms with Gasteiger partial charge in [-0.1, -0.05) is 0 Å². The fourth-order valence-corrected chi connectivity index (χ4v) is 1.69. The summed E-state index contributed by atoms with van der Waals surface area (Å²) in [6.07, 6.45) is 5.42. The molecule has 0 aliphatic carbocycles. The molecule has 1 unspecified atom stereocenters. The van der Waals surface area contributed by atoms with E-state index >= 15 is 0 Å². The molecule has 0 aromatic carbocycles. The number of carbonyl (C=O) groups is 2. The highest BCUT2D eigenvalue weighted by molar-refractivity contribution is 5.82. The van der Waals surface area contributed by atoms with Gasteiger partial charge in [-0.15, -0.1) is 0 Å². The van der Waals surface area contributed by atoms with Crippen LogP contribution in [-0.4, -0.2) is 28.3 Å². The summed E-state index contributed by atoms with van der Waals surface area (Å²) < 4.78 is 1.63. The number of imidazole rings is 1. The first kappa shape index (κ1) is 8.93. The molecule has 2 rings (SSSR count). The van der Waals surface area contributed by atoms with Crippen molar-refractivity contribution in [1.82, 2.24) is 14.9 Å². The van der Waals surface area contributed by atoms with Gasteiger partial charge in [-0.2, -0.15) is 0 Å². The molecule has 74 valence electrons. The fourth-order valence-electron chi connectivity index (χ4n) is 1.69. The quantitative estimate of drug-likeness (QED) is 0.680. The second-order valence-corrected chi connectivity index (χ2v) is 3.29. The minimum Gasteiger partial charge on any atom is -0.354 e. The smallest absolute Gasteiger partial charge is 0.243 e. The number of aldehydes is 1. The van der Waals surface area contributed by atoms with Crippen molar-refractivity contribution in [3.8, 4) is 0 Å². The lowest BCUT2D eigenvalue weighted by atomic mass is 10.1. The third-order valence-electron chi connectivity index (χ3n) is 2.41. The number of rotatable bonds is 2. The van der Waals surface area contributed by atoms with Gasteiger partial charge in [0.2, 0.25) is 5.91 Å². The van der Waals surface area contributed by atoms with Crippen LogP contribution in [0.25, 0.3) is 0 Å². The zero-order chi connectivity index (χ0) is 9.97. The molecule has 5 nitrogen and oxygen atoms in total. The highest BCUT2D eigenvalue weighted by Crippen LogP contribution is 2.18. The van der Waals surface area contributed by atoms with E-state index in [0.717, 1.165) is 25.7 Å². The molecule has 1 saturated heterocycles. The summed E-state index contributed by atoms with van der Waals surface area (Å²) in [5.74, 6) is -0.0302. The molecule has 1 aromatic rings. The lowest BCUT2D eigenvalue weighted by Gasteiger charge is -2.23. The topological polar surface area (TPSA) is 64.0 Å². The number of hydrogen-bond acceptors (Lipinski definition) is 3. The van der Waals surface area contributed by atoms with Crippen molar-refractivity contribution >= 4 is 12.2 Å². The number of carbonyl (C=O) groups excluding carboxylic acids is 2. The van der Waals surface area contributed by atoms with Crippen molar-refractivity contribution in [2.45, 2.75) is 18.9 Å². The summed E-state index contributed by atoms with van der Waals surface area (Å²) in [4.78, 5) is 26.0. The van der Waals surface area contributed by atoms with Crippen LogP contribution in [0.3, 0.4) is 0 Å². The normalized spacial score (nSPS) is 21.7. The number of nitrogens with zero attached hydrogens (tertiary/aromatic N) is 2. The Balaban J connectivity index is 2.28. The third kappa shape index (κ3) is 1.41. The van der Waals surface area contributed by atoms with Gasteiger partial charge in [0.25, 0.3) is 0 Å². The highest BCUT2D eigenvalue weighted by atomic mass is 16.2. The molecule has 14 heavy (non-hydrogen) atoms. The van der Waals surface area contributed by atoms with Crippen molar-refractivity contribution in [2.24, 2.45) is 0 Å². The van der Waals surface area contributed by atoms with Gasteiger partial charge in [-0.05, 0) is 12.8 Å². The largest absolute Gasteiger partial charge is 0.354 e. The van der Waals surface area contributed by atoms with Crippen LogP contribution in [0.15, 0.2) is 12.5 Å². The molecule has 0 spiro atoms. The van der Waals surface area contributed by atoms with Crippen molar-refractivity contribution < 1.29 is 9.59 Å². The molecular weight excluding hydrogens is 182 g/mol. The first-order valence-electron chi connectivity index (χ1n) is 4.57. The summed E-state index contributed by atoms with van der Waals surface area (Å²) in [5.41, 5.74) is 0.451. The van der Waals surface area contributed by atoms with E-state index in [-0.39, 0.29) is 11.9 Å². The van der Waals surface area contributed by atoms with E-state index in [1.54, 1.807) is 4.57 Å². The second kappa shape index (κ2) is 3.61. The molecule has 0 saturated carbocycles. The monoisotopic (exact) mass is 193 g/mol. The Morgan fingerprint density at radius 3 is 3.21 bits per heavy atom. The van der Waals surface area contributed by atoms with Crippen LogP contribution in [-0.2, 0) is 4.79 Å². The molecule has 1 aliphatic heterocycles.